The number of carbonyl (C=O) groups is 1. The molecule has 0 aliphatic carbocycles. The van der Waals surface area contributed by atoms with E-state index >= 15 is 4.39 Å². The van der Waals surface area contributed by atoms with Crippen LogP contribution in [0.15, 0.2) is 48.7 Å². The Hall–Kier alpha value is -3.78. The molecule has 3 heterocycles. The zero-order valence-electron chi connectivity index (χ0n) is 21.8. The molecule has 1 aliphatic heterocycles. The second-order valence-corrected chi connectivity index (χ2v) is 9.99. The number of ether oxygens (including phenoxy) is 2. The van der Waals surface area contributed by atoms with Gasteiger partial charge in [-0.2, -0.15) is 0 Å². The Kier molecular flexibility index (Phi) is 7.17. The molecule has 9 heteroatoms. The van der Waals surface area contributed by atoms with Crippen LogP contribution in [0.2, 0.25) is 5.02 Å². The predicted molar refractivity (Wildman–Crippen MR) is 148 cm³/mol. The van der Waals surface area contributed by atoms with Gasteiger partial charge in [0.1, 0.15) is 11.4 Å². The zero-order valence-corrected chi connectivity index (χ0v) is 22.6. The van der Waals surface area contributed by atoms with Gasteiger partial charge in [0.05, 0.1) is 24.8 Å². The van der Waals surface area contributed by atoms with Crippen LogP contribution >= 0.6 is 11.6 Å². The van der Waals surface area contributed by atoms with Crippen LogP contribution in [-0.2, 0) is 0 Å². The van der Waals surface area contributed by atoms with Crippen molar-refractivity contribution in [1.29, 1.82) is 0 Å². The fraction of sp³-hybridized carbons (Fsp3) is 0.310. The number of methoxy groups -OCH3 is 2. The minimum atomic E-state index is -0.336. The molecule has 4 aromatic rings. The van der Waals surface area contributed by atoms with Crippen molar-refractivity contribution in [2.24, 2.45) is 0 Å². The van der Waals surface area contributed by atoms with Crippen molar-refractivity contribution >= 4 is 34.2 Å². The van der Waals surface area contributed by atoms with Crippen LogP contribution in [0.5, 0.6) is 11.5 Å². The number of halogens is 2. The summed E-state index contributed by atoms with van der Waals surface area (Å²) in [4.78, 5) is 24.9. The topological polar surface area (TPSA) is 70.7 Å². The molecule has 198 valence electrons. The molecule has 0 unspecified atom stereocenters. The summed E-state index contributed by atoms with van der Waals surface area (Å²) in [6.45, 7) is 5.99. The van der Waals surface area contributed by atoms with Gasteiger partial charge in [0, 0.05) is 43.3 Å². The summed E-state index contributed by atoms with van der Waals surface area (Å²) in [5.41, 5.74) is 2.92. The monoisotopic (exact) mass is 536 g/mol. The first-order valence-corrected chi connectivity index (χ1v) is 12.9. The lowest BCUT2D eigenvalue weighted by atomic mass is 9.93. The van der Waals surface area contributed by atoms with Crippen LogP contribution in [0.1, 0.15) is 35.8 Å². The number of carbonyl (C=O) groups excluding carboxylic acids is 1. The normalized spacial score (nSPS) is 13.9. The van der Waals surface area contributed by atoms with Gasteiger partial charge in [-0.15, -0.1) is 0 Å². The molecule has 0 radical (unpaired) electrons. The quantitative estimate of drug-likeness (QED) is 0.321. The number of hydrogen-bond donors (Lipinski definition) is 1. The van der Waals surface area contributed by atoms with Crippen LogP contribution in [0.4, 0.5) is 10.2 Å². The Morgan fingerprint density at radius 2 is 1.79 bits per heavy atom. The van der Waals surface area contributed by atoms with E-state index in [-0.39, 0.29) is 17.6 Å². The first kappa shape index (κ1) is 25.9. The Morgan fingerprint density at radius 1 is 1.05 bits per heavy atom. The molecule has 1 amide bonds. The summed E-state index contributed by atoms with van der Waals surface area (Å²) in [5.74, 6) is 1.30. The summed E-state index contributed by atoms with van der Waals surface area (Å²) in [6.07, 6.45) is 1.64. The largest absolute Gasteiger partial charge is 0.496 e. The predicted octanol–water partition coefficient (Wildman–Crippen LogP) is 6.13. The van der Waals surface area contributed by atoms with Gasteiger partial charge in [-0.3, -0.25) is 4.79 Å². The molecular formula is C29H30ClFN4O3. The first-order valence-electron chi connectivity index (χ1n) is 12.5. The van der Waals surface area contributed by atoms with E-state index in [9.17, 15) is 4.79 Å². The lowest BCUT2D eigenvalue weighted by Gasteiger charge is -2.35. The standard InChI is InChI=1S/C29H30ClFN4O3/c1-17(2)19-15-20(18-7-5-6-8-24(18)37-3)21-16-23(33-26(21)25(19)31)29(36)35-13-11-34(12-14-35)28-27(38-4)22(30)9-10-32-28/h5-10,15-17,33H,11-14H2,1-4H3. The Bertz CT molecular complexity index is 1490. The number of anilines is 1. The van der Waals surface area contributed by atoms with Crippen LogP contribution in [0.25, 0.3) is 22.0 Å². The van der Waals surface area contributed by atoms with Crippen LogP contribution < -0.4 is 14.4 Å². The van der Waals surface area contributed by atoms with Crippen molar-refractivity contribution in [3.05, 3.63) is 70.8 Å². The van der Waals surface area contributed by atoms with Gasteiger partial charge in [0.25, 0.3) is 5.91 Å². The van der Waals surface area contributed by atoms with E-state index in [1.165, 1.54) is 0 Å². The van der Waals surface area contributed by atoms with E-state index in [1.807, 2.05) is 49.1 Å². The average Bonchev–Trinajstić information content (AvgIpc) is 3.39. The maximum Gasteiger partial charge on any atom is 0.270 e. The third-order valence-corrected chi connectivity index (χ3v) is 7.34. The number of aromatic nitrogens is 2. The molecule has 1 N–H and O–H groups in total. The smallest absolute Gasteiger partial charge is 0.270 e. The summed E-state index contributed by atoms with van der Waals surface area (Å²) in [6, 6.07) is 12.9. The number of pyridine rings is 1. The molecule has 7 nitrogen and oxygen atoms in total. The number of hydrogen-bond acceptors (Lipinski definition) is 5. The molecule has 0 atom stereocenters. The van der Waals surface area contributed by atoms with Crippen molar-refractivity contribution in [2.75, 3.05) is 45.3 Å². The fourth-order valence-electron chi connectivity index (χ4n) is 5.03. The fourth-order valence-corrected chi connectivity index (χ4v) is 5.24. The molecule has 1 fully saturated rings. The van der Waals surface area contributed by atoms with Crippen LogP contribution in [0.3, 0.4) is 0 Å². The number of nitrogens with zero attached hydrogens (tertiary/aromatic N) is 3. The molecule has 2 aromatic carbocycles. The Morgan fingerprint density at radius 3 is 2.47 bits per heavy atom. The summed E-state index contributed by atoms with van der Waals surface area (Å²) >= 11 is 6.27. The first-order chi connectivity index (χ1) is 18.3. The van der Waals surface area contributed by atoms with E-state index in [0.717, 1.165) is 11.1 Å². The Labute approximate surface area is 226 Å². The van der Waals surface area contributed by atoms with Crippen molar-refractivity contribution in [3.63, 3.8) is 0 Å². The molecule has 2 aromatic heterocycles. The highest BCUT2D eigenvalue weighted by Crippen LogP contribution is 2.39. The molecule has 0 saturated carbocycles. The number of aromatic amines is 1. The lowest BCUT2D eigenvalue weighted by molar-refractivity contribution is 0.0741. The average molecular weight is 537 g/mol. The van der Waals surface area contributed by atoms with Gasteiger partial charge in [-0.1, -0.05) is 43.6 Å². The molecule has 5 rings (SSSR count). The van der Waals surface area contributed by atoms with E-state index in [0.29, 0.717) is 70.7 Å². The van der Waals surface area contributed by atoms with Crippen molar-refractivity contribution in [1.82, 2.24) is 14.9 Å². The number of amides is 1. The van der Waals surface area contributed by atoms with Gasteiger partial charge in [0.2, 0.25) is 0 Å². The minimum Gasteiger partial charge on any atom is -0.496 e. The number of rotatable bonds is 6. The van der Waals surface area contributed by atoms with Gasteiger partial charge in [-0.05, 0) is 41.3 Å². The van der Waals surface area contributed by atoms with Gasteiger partial charge >= 0.3 is 0 Å². The van der Waals surface area contributed by atoms with Gasteiger partial charge in [-0.25, -0.2) is 9.37 Å². The van der Waals surface area contributed by atoms with E-state index in [1.54, 1.807) is 37.4 Å². The van der Waals surface area contributed by atoms with Crippen molar-refractivity contribution in [2.45, 2.75) is 19.8 Å². The van der Waals surface area contributed by atoms with E-state index < -0.39 is 0 Å². The minimum absolute atomic E-state index is 0.0412. The van der Waals surface area contributed by atoms with Crippen molar-refractivity contribution in [3.8, 4) is 22.6 Å². The molecule has 0 bridgehead atoms. The van der Waals surface area contributed by atoms with Crippen molar-refractivity contribution < 1.29 is 18.7 Å². The van der Waals surface area contributed by atoms with E-state index in [2.05, 4.69) is 9.97 Å². The second-order valence-electron chi connectivity index (χ2n) is 9.58. The highest BCUT2D eigenvalue weighted by Gasteiger charge is 2.28. The highest BCUT2D eigenvalue weighted by molar-refractivity contribution is 6.32. The number of para-hydroxylation sites is 1. The third kappa shape index (κ3) is 4.53. The zero-order chi connectivity index (χ0) is 27.0. The summed E-state index contributed by atoms with van der Waals surface area (Å²) in [5, 5.41) is 1.13. The number of fused-ring (bicyclic) bond motifs is 1. The Balaban J connectivity index is 1.47. The summed E-state index contributed by atoms with van der Waals surface area (Å²) in [7, 11) is 3.17. The maximum absolute atomic E-state index is 15.6. The number of piperazine rings is 1. The molecule has 38 heavy (non-hydrogen) atoms. The van der Waals surface area contributed by atoms with Gasteiger partial charge in [0.15, 0.2) is 17.4 Å². The molecular weight excluding hydrogens is 507 g/mol. The van der Waals surface area contributed by atoms with Crippen LogP contribution in [0, 0.1) is 5.82 Å². The van der Waals surface area contributed by atoms with Gasteiger partial charge < -0.3 is 24.3 Å². The molecule has 0 spiro atoms. The SMILES string of the molecule is COc1ccccc1-c1cc(C(C)C)c(F)c2[nH]c(C(=O)N3CCN(c4nccc(Cl)c4OC)CC3)cc12. The second kappa shape index (κ2) is 10.5. The molecule has 1 saturated heterocycles. The molecule has 1 aliphatic rings. The maximum atomic E-state index is 15.6. The highest BCUT2D eigenvalue weighted by atomic mass is 35.5. The number of nitrogens with one attached hydrogen (secondary N) is 1. The van der Waals surface area contributed by atoms with E-state index in [4.69, 9.17) is 21.1 Å². The third-order valence-electron chi connectivity index (χ3n) is 7.04. The number of H-pyrrole nitrogens is 1. The summed E-state index contributed by atoms with van der Waals surface area (Å²) < 4.78 is 26.7. The van der Waals surface area contributed by atoms with Crippen LogP contribution in [-0.4, -0.2) is 61.2 Å². The number of benzene rings is 2. The lowest BCUT2D eigenvalue weighted by Crippen LogP contribution is -2.49.